The average Bonchev–Trinajstić information content (AvgIpc) is 2.49. The van der Waals surface area contributed by atoms with Crippen molar-refractivity contribution in [2.24, 2.45) is 5.73 Å². The van der Waals surface area contributed by atoms with Crippen LogP contribution in [0.25, 0.3) is 0 Å². The van der Waals surface area contributed by atoms with Crippen LogP contribution in [-0.4, -0.2) is 39.9 Å². The van der Waals surface area contributed by atoms with Crippen molar-refractivity contribution < 1.29 is 4.79 Å². The molecule has 1 aliphatic carbocycles. The summed E-state index contributed by atoms with van der Waals surface area (Å²) >= 11 is 0. The van der Waals surface area contributed by atoms with Crippen LogP contribution in [0, 0.1) is 0 Å². The van der Waals surface area contributed by atoms with Gasteiger partial charge in [0.1, 0.15) is 6.33 Å². The van der Waals surface area contributed by atoms with E-state index in [-0.39, 0.29) is 5.91 Å². The maximum Gasteiger partial charge on any atom is 0.257 e. The molecule has 1 aromatic rings. The van der Waals surface area contributed by atoms with Gasteiger partial charge in [0.05, 0.1) is 5.56 Å². The molecule has 1 fully saturated rings. The monoisotopic (exact) mass is 262 g/mol. The molecule has 1 aliphatic rings. The van der Waals surface area contributed by atoms with Crippen LogP contribution in [0.3, 0.4) is 0 Å². The predicted molar refractivity (Wildman–Crippen MR) is 73.6 cm³/mol. The van der Waals surface area contributed by atoms with Crippen molar-refractivity contribution in [2.75, 3.05) is 13.1 Å². The lowest BCUT2D eigenvalue weighted by atomic mass is 9.93. The smallest absolute Gasteiger partial charge is 0.257 e. The molecule has 1 saturated carbocycles. The third-order valence-electron chi connectivity index (χ3n) is 3.69. The minimum absolute atomic E-state index is 0.0425. The second-order valence-electron chi connectivity index (χ2n) is 5.06. The quantitative estimate of drug-likeness (QED) is 0.875. The van der Waals surface area contributed by atoms with E-state index in [1.54, 1.807) is 12.4 Å². The summed E-state index contributed by atoms with van der Waals surface area (Å²) in [5.41, 5.74) is 6.16. The number of carbonyl (C=O) groups excluding carboxylic acids is 1. The van der Waals surface area contributed by atoms with Crippen LogP contribution in [0.15, 0.2) is 18.7 Å². The lowest BCUT2D eigenvalue weighted by Crippen LogP contribution is -2.42. The summed E-state index contributed by atoms with van der Waals surface area (Å²) in [5, 5.41) is 0. The molecule has 0 aliphatic heterocycles. The molecule has 2 N–H and O–H groups in total. The fourth-order valence-corrected chi connectivity index (χ4v) is 2.68. The molecule has 0 radical (unpaired) electrons. The van der Waals surface area contributed by atoms with Gasteiger partial charge in [0, 0.05) is 25.0 Å². The Labute approximate surface area is 114 Å². The Kier molecular flexibility index (Phi) is 5.27. The Bertz CT molecular complexity index is 390. The zero-order valence-corrected chi connectivity index (χ0v) is 11.3. The first-order valence-corrected chi connectivity index (χ1v) is 7.09. The number of nitrogens with zero attached hydrogens (tertiary/aromatic N) is 3. The molecule has 104 valence electrons. The van der Waals surface area contributed by atoms with Gasteiger partial charge in [-0.15, -0.1) is 0 Å². The summed E-state index contributed by atoms with van der Waals surface area (Å²) in [6, 6.07) is 0.355. The van der Waals surface area contributed by atoms with Gasteiger partial charge in [-0.3, -0.25) is 4.79 Å². The zero-order chi connectivity index (χ0) is 13.5. The third-order valence-corrected chi connectivity index (χ3v) is 3.69. The molecule has 0 saturated heterocycles. The first kappa shape index (κ1) is 13.9. The number of nitrogens with two attached hydrogens (primary N) is 1. The molecule has 1 amide bonds. The number of hydrogen-bond donors (Lipinski definition) is 1. The summed E-state index contributed by atoms with van der Waals surface area (Å²) < 4.78 is 0. The normalized spacial score (nSPS) is 16.3. The van der Waals surface area contributed by atoms with E-state index in [1.807, 2.05) is 4.90 Å². The van der Waals surface area contributed by atoms with E-state index in [4.69, 9.17) is 5.73 Å². The molecule has 1 aromatic heterocycles. The Balaban J connectivity index is 2.09. The molecule has 1 heterocycles. The highest BCUT2D eigenvalue weighted by Gasteiger charge is 2.25. The fourth-order valence-electron chi connectivity index (χ4n) is 2.68. The fraction of sp³-hybridized carbons (Fsp3) is 0.643. The number of aromatic nitrogens is 2. The van der Waals surface area contributed by atoms with E-state index >= 15 is 0 Å². The lowest BCUT2D eigenvalue weighted by molar-refractivity contribution is 0.0632. The Hall–Kier alpha value is -1.49. The van der Waals surface area contributed by atoms with Gasteiger partial charge in [0.25, 0.3) is 5.91 Å². The number of hydrogen-bond acceptors (Lipinski definition) is 4. The minimum Gasteiger partial charge on any atom is -0.336 e. The molecule has 19 heavy (non-hydrogen) atoms. The number of amides is 1. The largest absolute Gasteiger partial charge is 0.336 e. The van der Waals surface area contributed by atoms with Crippen LogP contribution >= 0.6 is 0 Å². The molecule has 0 unspecified atom stereocenters. The second-order valence-corrected chi connectivity index (χ2v) is 5.06. The summed E-state index contributed by atoms with van der Waals surface area (Å²) in [4.78, 5) is 22.4. The van der Waals surface area contributed by atoms with Crippen molar-refractivity contribution >= 4 is 5.91 Å². The predicted octanol–water partition coefficient (Wildman–Crippen LogP) is 1.60. The maximum absolute atomic E-state index is 12.6. The van der Waals surface area contributed by atoms with Gasteiger partial charge >= 0.3 is 0 Å². The molecule has 0 atom stereocenters. The Morgan fingerprint density at radius 3 is 2.58 bits per heavy atom. The van der Waals surface area contributed by atoms with Crippen LogP contribution in [-0.2, 0) is 0 Å². The van der Waals surface area contributed by atoms with Gasteiger partial charge < -0.3 is 10.6 Å². The third kappa shape index (κ3) is 3.73. The van der Waals surface area contributed by atoms with E-state index in [9.17, 15) is 4.79 Å². The molecular formula is C14H22N4O. The van der Waals surface area contributed by atoms with E-state index in [0.717, 1.165) is 25.8 Å². The number of rotatable bonds is 5. The van der Waals surface area contributed by atoms with Crippen LogP contribution < -0.4 is 5.73 Å². The second kappa shape index (κ2) is 7.19. The molecular weight excluding hydrogens is 240 g/mol. The van der Waals surface area contributed by atoms with Crippen molar-refractivity contribution in [1.29, 1.82) is 0 Å². The summed E-state index contributed by atoms with van der Waals surface area (Å²) in [7, 11) is 0. The van der Waals surface area contributed by atoms with Crippen LogP contribution in [0.2, 0.25) is 0 Å². The van der Waals surface area contributed by atoms with E-state index in [2.05, 4.69) is 9.97 Å². The van der Waals surface area contributed by atoms with E-state index in [0.29, 0.717) is 18.2 Å². The van der Waals surface area contributed by atoms with Crippen molar-refractivity contribution in [2.45, 2.75) is 44.6 Å². The highest BCUT2D eigenvalue weighted by Crippen LogP contribution is 2.24. The molecule has 5 nitrogen and oxygen atoms in total. The Morgan fingerprint density at radius 1 is 1.26 bits per heavy atom. The van der Waals surface area contributed by atoms with E-state index < -0.39 is 0 Å². The first-order chi connectivity index (χ1) is 9.33. The summed E-state index contributed by atoms with van der Waals surface area (Å²) in [6.07, 6.45) is 11.4. The van der Waals surface area contributed by atoms with Crippen LogP contribution in [0.1, 0.15) is 48.9 Å². The topological polar surface area (TPSA) is 72.1 Å². The molecule has 0 spiro atoms. The zero-order valence-electron chi connectivity index (χ0n) is 11.3. The van der Waals surface area contributed by atoms with Gasteiger partial charge in [0.2, 0.25) is 0 Å². The SMILES string of the molecule is NCCCN(C(=O)c1cncnc1)C1CCCCC1. The molecule has 0 bridgehead atoms. The van der Waals surface area contributed by atoms with Gasteiger partial charge in [-0.1, -0.05) is 19.3 Å². The van der Waals surface area contributed by atoms with Crippen LogP contribution in [0.4, 0.5) is 0 Å². The van der Waals surface area contributed by atoms with Crippen LogP contribution in [0.5, 0.6) is 0 Å². The minimum atomic E-state index is 0.0425. The highest BCUT2D eigenvalue weighted by atomic mass is 16.2. The highest BCUT2D eigenvalue weighted by molar-refractivity contribution is 5.93. The standard InChI is InChI=1S/C14H22N4O/c15-7-4-8-18(13-5-2-1-3-6-13)14(19)12-9-16-11-17-10-12/h9-11,13H,1-8,15H2. The number of carbonyl (C=O) groups is 1. The van der Waals surface area contributed by atoms with Gasteiger partial charge in [-0.2, -0.15) is 0 Å². The summed E-state index contributed by atoms with van der Waals surface area (Å²) in [6.45, 7) is 1.34. The van der Waals surface area contributed by atoms with Gasteiger partial charge in [0.15, 0.2) is 0 Å². The average molecular weight is 262 g/mol. The van der Waals surface area contributed by atoms with Gasteiger partial charge in [-0.05, 0) is 25.8 Å². The van der Waals surface area contributed by atoms with Crippen molar-refractivity contribution in [3.8, 4) is 0 Å². The van der Waals surface area contributed by atoms with Gasteiger partial charge in [-0.25, -0.2) is 9.97 Å². The van der Waals surface area contributed by atoms with Crippen molar-refractivity contribution in [1.82, 2.24) is 14.9 Å². The maximum atomic E-state index is 12.6. The molecule has 2 rings (SSSR count). The Morgan fingerprint density at radius 2 is 1.95 bits per heavy atom. The lowest BCUT2D eigenvalue weighted by Gasteiger charge is -2.34. The molecule has 5 heteroatoms. The van der Waals surface area contributed by atoms with Crippen molar-refractivity contribution in [3.63, 3.8) is 0 Å². The van der Waals surface area contributed by atoms with E-state index in [1.165, 1.54) is 25.6 Å². The molecule has 0 aromatic carbocycles. The summed E-state index contributed by atoms with van der Waals surface area (Å²) in [5.74, 6) is 0.0425. The first-order valence-electron chi connectivity index (χ1n) is 7.09. The van der Waals surface area contributed by atoms with Crippen molar-refractivity contribution in [3.05, 3.63) is 24.3 Å².